The topological polar surface area (TPSA) is 118 Å². The Labute approximate surface area is 201 Å². The normalized spacial score (nSPS) is 12.0. The van der Waals surface area contributed by atoms with Crippen LogP contribution in [0, 0.1) is 0 Å². The lowest BCUT2D eigenvalue weighted by Crippen LogP contribution is -2.04. The lowest BCUT2D eigenvalue weighted by atomic mass is 9.82. The maximum Gasteiger partial charge on any atom is 0.466 e. The Balaban J connectivity index is 0.000000739. The van der Waals surface area contributed by atoms with E-state index >= 15 is 0 Å². The highest BCUT2D eigenvalue weighted by Gasteiger charge is 2.19. The van der Waals surface area contributed by atoms with Crippen LogP contribution in [-0.4, -0.2) is 24.9 Å². The van der Waals surface area contributed by atoms with Crippen LogP contribution in [0.5, 0.6) is 11.5 Å². The molecule has 3 aromatic rings. The summed E-state index contributed by atoms with van der Waals surface area (Å²) in [7, 11) is -4.64. The summed E-state index contributed by atoms with van der Waals surface area (Å²) in [6.45, 7) is 2.25. The van der Waals surface area contributed by atoms with Crippen molar-refractivity contribution >= 4 is 7.82 Å². The SMILES string of the molecule is CCCCCCCCC(c1ccccc1)c1ccccc1-c1cc(O)ccc1O.O=P(O)(O)O. The zero-order valence-electron chi connectivity index (χ0n) is 19.5. The second-order valence-electron chi connectivity index (χ2n) is 8.32. The van der Waals surface area contributed by atoms with Crippen LogP contribution in [0.3, 0.4) is 0 Å². The average molecular weight is 487 g/mol. The molecule has 0 aliphatic carbocycles. The highest BCUT2D eigenvalue weighted by Crippen LogP contribution is 2.40. The molecule has 0 fully saturated rings. The molecule has 0 radical (unpaired) electrons. The lowest BCUT2D eigenvalue weighted by molar-refractivity contribution is 0.275. The molecule has 3 rings (SSSR count). The second-order valence-corrected chi connectivity index (χ2v) is 9.35. The van der Waals surface area contributed by atoms with E-state index in [4.69, 9.17) is 19.2 Å². The molecule has 7 heteroatoms. The van der Waals surface area contributed by atoms with Crippen molar-refractivity contribution in [1.82, 2.24) is 0 Å². The molecule has 0 aliphatic rings. The van der Waals surface area contributed by atoms with Gasteiger partial charge in [0.15, 0.2) is 0 Å². The minimum absolute atomic E-state index is 0.166. The predicted octanol–water partition coefficient (Wildman–Crippen LogP) is 6.72. The molecule has 5 N–H and O–H groups in total. The van der Waals surface area contributed by atoms with Crippen molar-refractivity contribution in [3.8, 4) is 22.6 Å². The van der Waals surface area contributed by atoms with E-state index in [9.17, 15) is 10.2 Å². The first-order valence-corrected chi connectivity index (χ1v) is 13.2. The molecule has 6 nitrogen and oxygen atoms in total. The maximum absolute atomic E-state index is 10.5. The number of hydrogen-bond donors (Lipinski definition) is 5. The molecule has 0 aromatic heterocycles. The van der Waals surface area contributed by atoms with E-state index in [2.05, 4.69) is 49.4 Å². The van der Waals surface area contributed by atoms with Crippen molar-refractivity contribution in [2.75, 3.05) is 0 Å². The fraction of sp³-hybridized carbons (Fsp3) is 0.333. The Kier molecular flexibility index (Phi) is 11.3. The molecule has 184 valence electrons. The van der Waals surface area contributed by atoms with Crippen molar-refractivity contribution in [3.63, 3.8) is 0 Å². The van der Waals surface area contributed by atoms with Gasteiger partial charge in [0.2, 0.25) is 0 Å². The van der Waals surface area contributed by atoms with Crippen molar-refractivity contribution in [2.45, 2.75) is 57.8 Å². The predicted molar refractivity (Wildman–Crippen MR) is 136 cm³/mol. The Morgan fingerprint density at radius 1 is 0.735 bits per heavy atom. The van der Waals surface area contributed by atoms with E-state index in [1.165, 1.54) is 55.7 Å². The molecular formula is C27H35O6P. The summed E-state index contributed by atoms with van der Waals surface area (Å²) < 4.78 is 8.88. The average Bonchev–Trinajstić information content (AvgIpc) is 2.80. The number of phosphoric acid groups is 1. The quantitative estimate of drug-likeness (QED) is 0.123. The summed E-state index contributed by atoms with van der Waals surface area (Å²) in [6, 6.07) is 23.6. The molecule has 3 aromatic carbocycles. The lowest BCUT2D eigenvalue weighted by Gasteiger charge is -2.22. The third kappa shape index (κ3) is 9.70. The molecule has 0 aliphatic heterocycles. The molecule has 0 saturated heterocycles. The van der Waals surface area contributed by atoms with Gasteiger partial charge in [0, 0.05) is 11.5 Å². The summed E-state index contributed by atoms with van der Waals surface area (Å²) in [4.78, 5) is 21.6. The minimum Gasteiger partial charge on any atom is -0.508 e. The number of phenols is 2. The van der Waals surface area contributed by atoms with Crippen LogP contribution in [-0.2, 0) is 4.57 Å². The van der Waals surface area contributed by atoms with Crippen LogP contribution in [0.15, 0.2) is 72.8 Å². The molecule has 0 bridgehead atoms. The minimum atomic E-state index is -4.64. The van der Waals surface area contributed by atoms with Crippen LogP contribution >= 0.6 is 7.82 Å². The van der Waals surface area contributed by atoms with Gasteiger partial charge in [-0.25, -0.2) is 4.57 Å². The summed E-state index contributed by atoms with van der Waals surface area (Å²) >= 11 is 0. The molecule has 1 unspecified atom stereocenters. The van der Waals surface area contributed by atoms with Gasteiger partial charge in [0.1, 0.15) is 11.5 Å². The van der Waals surface area contributed by atoms with Gasteiger partial charge in [-0.15, -0.1) is 0 Å². The van der Waals surface area contributed by atoms with Gasteiger partial charge in [-0.1, -0.05) is 100 Å². The van der Waals surface area contributed by atoms with Crippen LogP contribution in [0.4, 0.5) is 0 Å². The molecule has 0 spiro atoms. The number of unbranched alkanes of at least 4 members (excludes halogenated alkanes) is 5. The van der Waals surface area contributed by atoms with Crippen LogP contribution in [0.1, 0.15) is 68.9 Å². The van der Waals surface area contributed by atoms with Crippen molar-refractivity contribution in [3.05, 3.63) is 83.9 Å². The van der Waals surface area contributed by atoms with E-state index in [0.29, 0.717) is 5.56 Å². The van der Waals surface area contributed by atoms with Crippen LogP contribution in [0.2, 0.25) is 0 Å². The van der Waals surface area contributed by atoms with Gasteiger partial charge < -0.3 is 24.9 Å². The first-order valence-electron chi connectivity index (χ1n) is 11.6. The number of aromatic hydroxyl groups is 2. The summed E-state index contributed by atoms with van der Waals surface area (Å²) in [5.74, 6) is 0.627. The summed E-state index contributed by atoms with van der Waals surface area (Å²) in [6.07, 6.45) is 8.72. The Morgan fingerprint density at radius 3 is 2.00 bits per heavy atom. The summed E-state index contributed by atoms with van der Waals surface area (Å²) in [5, 5.41) is 20.4. The largest absolute Gasteiger partial charge is 0.508 e. The van der Waals surface area contributed by atoms with Crippen LogP contribution in [0.25, 0.3) is 11.1 Å². The number of rotatable bonds is 10. The number of phenolic OH excluding ortho intramolecular Hbond substituents is 2. The van der Waals surface area contributed by atoms with Gasteiger partial charge in [-0.05, 0) is 41.3 Å². The standard InChI is InChI=1S/C27H32O2.H3O4P/c1-2-3-4-5-6-10-15-23(21-13-8-7-9-14-21)24-16-11-12-17-25(24)26-20-22(28)18-19-27(26)29;1-5(2,3)4/h7-9,11-14,16-20,23,28-29H,2-6,10,15H2,1H3;(H3,1,2,3,4). The molecule has 0 amide bonds. The first-order chi connectivity index (χ1) is 16.2. The zero-order chi connectivity index (χ0) is 25.0. The van der Waals surface area contributed by atoms with Gasteiger partial charge in [-0.2, -0.15) is 0 Å². The Morgan fingerprint density at radius 2 is 1.32 bits per heavy atom. The van der Waals surface area contributed by atoms with Gasteiger partial charge in [-0.3, -0.25) is 0 Å². The zero-order valence-corrected chi connectivity index (χ0v) is 20.4. The summed E-state index contributed by atoms with van der Waals surface area (Å²) in [5.41, 5.74) is 4.17. The monoisotopic (exact) mass is 486 g/mol. The Bertz CT molecular complexity index is 1040. The third-order valence-corrected chi connectivity index (χ3v) is 5.65. The van der Waals surface area contributed by atoms with Gasteiger partial charge in [0.05, 0.1) is 0 Å². The van der Waals surface area contributed by atoms with Crippen molar-refractivity contribution < 1.29 is 29.5 Å². The van der Waals surface area contributed by atoms with Crippen molar-refractivity contribution in [1.29, 1.82) is 0 Å². The van der Waals surface area contributed by atoms with E-state index in [-0.39, 0.29) is 17.4 Å². The first kappa shape index (κ1) is 27.6. The fourth-order valence-electron chi connectivity index (χ4n) is 4.10. The number of benzene rings is 3. The molecular weight excluding hydrogens is 451 g/mol. The highest BCUT2D eigenvalue weighted by atomic mass is 31.2. The van der Waals surface area contributed by atoms with Crippen LogP contribution < -0.4 is 0 Å². The third-order valence-electron chi connectivity index (χ3n) is 5.65. The Hall–Kier alpha value is -2.63. The molecule has 0 saturated carbocycles. The van der Waals surface area contributed by atoms with E-state index in [1.54, 1.807) is 12.1 Å². The van der Waals surface area contributed by atoms with E-state index < -0.39 is 7.82 Å². The van der Waals surface area contributed by atoms with E-state index in [1.807, 2.05) is 12.1 Å². The molecule has 1 atom stereocenters. The maximum atomic E-state index is 10.5. The fourth-order valence-corrected chi connectivity index (χ4v) is 4.10. The highest BCUT2D eigenvalue weighted by molar-refractivity contribution is 7.45. The smallest absolute Gasteiger partial charge is 0.466 e. The van der Waals surface area contributed by atoms with Crippen molar-refractivity contribution in [2.24, 2.45) is 0 Å². The van der Waals surface area contributed by atoms with E-state index in [0.717, 1.165) is 12.0 Å². The molecule has 34 heavy (non-hydrogen) atoms. The van der Waals surface area contributed by atoms with Gasteiger partial charge in [0.25, 0.3) is 0 Å². The van der Waals surface area contributed by atoms with Gasteiger partial charge >= 0.3 is 7.82 Å². The molecule has 0 heterocycles. The second kappa shape index (κ2) is 13.9. The number of hydrogen-bond acceptors (Lipinski definition) is 3.